The lowest BCUT2D eigenvalue weighted by Crippen LogP contribution is -2.35. The standard InChI is InChI=1S/C28H33FN4O3/c1-28(2,29)20-12-19(14-32-16-20)15-33-17-24(34)23(13-18-8-5-4-6-9-18)25-21(26(30)35)10-7-11-22(25)27(36)31-3/h4-12,14,16,23-24,33-34H,13,15,17H2,1-3H3,(H2,30,35)(H,31,36)/t23-,24+/m1/s1. The maximum absolute atomic E-state index is 14.3. The van der Waals surface area contributed by atoms with E-state index >= 15 is 0 Å². The molecule has 0 aliphatic rings. The van der Waals surface area contributed by atoms with Crippen molar-refractivity contribution in [2.75, 3.05) is 13.6 Å². The van der Waals surface area contributed by atoms with E-state index < -0.39 is 23.6 Å². The normalized spacial score (nSPS) is 13.1. The molecule has 2 amide bonds. The summed E-state index contributed by atoms with van der Waals surface area (Å²) in [6.07, 6.45) is 2.55. The smallest absolute Gasteiger partial charge is 0.251 e. The first-order valence-electron chi connectivity index (χ1n) is 11.8. The zero-order valence-corrected chi connectivity index (χ0v) is 20.8. The summed E-state index contributed by atoms with van der Waals surface area (Å²) in [6, 6.07) is 16.1. The fraction of sp³-hybridized carbons (Fsp3) is 0.321. The van der Waals surface area contributed by atoms with Crippen LogP contribution in [0.3, 0.4) is 0 Å². The van der Waals surface area contributed by atoms with Gasteiger partial charge >= 0.3 is 0 Å². The van der Waals surface area contributed by atoms with Crippen LogP contribution >= 0.6 is 0 Å². The van der Waals surface area contributed by atoms with E-state index in [0.29, 0.717) is 24.1 Å². The van der Waals surface area contributed by atoms with Crippen molar-refractivity contribution in [2.24, 2.45) is 5.73 Å². The quantitative estimate of drug-likeness (QED) is 0.328. The number of primary amides is 1. The predicted octanol–water partition coefficient (Wildman–Crippen LogP) is 3.22. The van der Waals surface area contributed by atoms with Gasteiger partial charge < -0.3 is 21.5 Å². The number of hydrogen-bond acceptors (Lipinski definition) is 5. The second-order valence-corrected chi connectivity index (χ2v) is 9.26. The highest BCUT2D eigenvalue weighted by atomic mass is 19.1. The minimum atomic E-state index is -1.52. The maximum Gasteiger partial charge on any atom is 0.251 e. The molecule has 0 saturated carbocycles. The van der Waals surface area contributed by atoms with Crippen LogP contribution < -0.4 is 16.4 Å². The monoisotopic (exact) mass is 492 g/mol. The summed E-state index contributed by atoms with van der Waals surface area (Å²) in [4.78, 5) is 29.2. The number of carbonyl (C=O) groups is 2. The summed E-state index contributed by atoms with van der Waals surface area (Å²) < 4.78 is 14.3. The molecule has 0 spiro atoms. The third kappa shape index (κ3) is 6.74. The van der Waals surface area contributed by atoms with Crippen LogP contribution in [0.1, 0.15) is 62.7 Å². The molecule has 190 valence electrons. The molecular weight excluding hydrogens is 459 g/mol. The number of aromatic nitrogens is 1. The van der Waals surface area contributed by atoms with Crippen LogP contribution in [-0.2, 0) is 18.6 Å². The Hall–Kier alpha value is -3.62. The van der Waals surface area contributed by atoms with Gasteiger partial charge in [0, 0.05) is 55.1 Å². The molecule has 36 heavy (non-hydrogen) atoms. The Kier molecular flexibility index (Phi) is 8.90. The van der Waals surface area contributed by atoms with Crippen LogP contribution in [0, 0.1) is 0 Å². The van der Waals surface area contributed by atoms with E-state index in [-0.39, 0.29) is 23.6 Å². The summed E-state index contributed by atoms with van der Waals surface area (Å²) in [5, 5.41) is 17.1. The number of aliphatic hydroxyl groups excluding tert-OH is 1. The number of hydrogen-bond donors (Lipinski definition) is 4. The molecule has 1 aromatic heterocycles. The molecule has 1 heterocycles. The van der Waals surface area contributed by atoms with Gasteiger partial charge in [0.2, 0.25) is 5.91 Å². The molecule has 3 rings (SSSR count). The summed E-state index contributed by atoms with van der Waals surface area (Å²) in [5.74, 6) is -1.65. The van der Waals surface area contributed by atoms with Gasteiger partial charge in [0.05, 0.1) is 6.10 Å². The molecule has 0 radical (unpaired) electrons. The van der Waals surface area contributed by atoms with Gasteiger partial charge in [0.15, 0.2) is 0 Å². The van der Waals surface area contributed by atoms with Crippen LogP contribution in [0.15, 0.2) is 67.0 Å². The molecule has 0 fully saturated rings. The van der Waals surface area contributed by atoms with E-state index in [2.05, 4.69) is 15.6 Å². The second-order valence-electron chi connectivity index (χ2n) is 9.26. The Balaban J connectivity index is 1.91. The molecule has 0 aliphatic heterocycles. The Morgan fingerprint density at radius 3 is 2.39 bits per heavy atom. The second kappa shape index (κ2) is 11.9. The molecule has 3 aromatic rings. The topological polar surface area (TPSA) is 117 Å². The zero-order chi connectivity index (χ0) is 26.3. The molecule has 2 atom stereocenters. The average molecular weight is 493 g/mol. The van der Waals surface area contributed by atoms with Gasteiger partial charge in [-0.15, -0.1) is 0 Å². The molecule has 8 heteroatoms. The molecule has 0 unspecified atom stereocenters. The van der Waals surface area contributed by atoms with Crippen LogP contribution in [0.4, 0.5) is 4.39 Å². The number of nitrogens with zero attached hydrogens (tertiary/aromatic N) is 1. The van der Waals surface area contributed by atoms with E-state index in [9.17, 15) is 19.1 Å². The predicted molar refractivity (Wildman–Crippen MR) is 137 cm³/mol. The number of pyridine rings is 1. The van der Waals surface area contributed by atoms with E-state index in [1.807, 2.05) is 30.3 Å². The van der Waals surface area contributed by atoms with Crippen molar-refractivity contribution in [1.82, 2.24) is 15.6 Å². The van der Waals surface area contributed by atoms with Crippen molar-refractivity contribution in [3.05, 3.63) is 100 Å². The fourth-order valence-corrected chi connectivity index (χ4v) is 4.23. The first-order valence-corrected chi connectivity index (χ1v) is 11.8. The molecule has 0 saturated heterocycles. The van der Waals surface area contributed by atoms with Gasteiger partial charge in [0.25, 0.3) is 5.91 Å². The van der Waals surface area contributed by atoms with Gasteiger partial charge in [-0.3, -0.25) is 14.6 Å². The molecule has 5 N–H and O–H groups in total. The lowest BCUT2D eigenvalue weighted by atomic mass is 9.81. The number of alkyl halides is 1. The van der Waals surface area contributed by atoms with Crippen molar-refractivity contribution in [3.63, 3.8) is 0 Å². The lowest BCUT2D eigenvalue weighted by Gasteiger charge is -2.27. The van der Waals surface area contributed by atoms with E-state index in [4.69, 9.17) is 5.73 Å². The number of carbonyl (C=O) groups excluding carboxylic acids is 2. The molecule has 2 aromatic carbocycles. The SMILES string of the molecule is CNC(=O)c1cccc(C(N)=O)c1[C@H](Cc1ccccc1)[C@@H](O)CNCc1cncc(C(C)(C)F)c1. The van der Waals surface area contributed by atoms with Crippen LogP contribution in [0.2, 0.25) is 0 Å². The Morgan fingerprint density at radius 2 is 1.75 bits per heavy atom. The first kappa shape index (κ1) is 27.0. The van der Waals surface area contributed by atoms with Crippen molar-refractivity contribution in [3.8, 4) is 0 Å². The molecule has 0 bridgehead atoms. The van der Waals surface area contributed by atoms with Crippen LogP contribution in [0.25, 0.3) is 0 Å². The van der Waals surface area contributed by atoms with E-state index in [1.54, 1.807) is 30.5 Å². The van der Waals surface area contributed by atoms with Gasteiger partial charge in [0.1, 0.15) is 5.67 Å². The fourth-order valence-electron chi connectivity index (χ4n) is 4.23. The number of nitrogens with two attached hydrogens (primary N) is 1. The van der Waals surface area contributed by atoms with Gasteiger partial charge in [-0.05, 0) is 55.2 Å². The van der Waals surface area contributed by atoms with Crippen LogP contribution in [-0.4, -0.2) is 41.6 Å². The first-order chi connectivity index (χ1) is 17.1. The third-order valence-electron chi connectivity index (χ3n) is 6.14. The van der Waals surface area contributed by atoms with E-state index in [1.165, 1.54) is 27.1 Å². The number of aliphatic hydroxyl groups is 1. The van der Waals surface area contributed by atoms with Crippen molar-refractivity contribution < 1.29 is 19.1 Å². The van der Waals surface area contributed by atoms with Crippen molar-refractivity contribution in [1.29, 1.82) is 0 Å². The minimum Gasteiger partial charge on any atom is -0.391 e. The number of halogens is 1. The molecular formula is C28H33FN4O3. The highest BCUT2D eigenvalue weighted by Gasteiger charge is 2.30. The number of nitrogens with one attached hydrogen (secondary N) is 2. The van der Waals surface area contributed by atoms with Gasteiger partial charge in [-0.2, -0.15) is 0 Å². The summed E-state index contributed by atoms with van der Waals surface area (Å²) in [6.45, 7) is 3.45. The van der Waals surface area contributed by atoms with Crippen molar-refractivity contribution in [2.45, 2.75) is 44.5 Å². The minimum absolute atomic E-state index is 0.154. The Bertz CT molecular complexity index is 1190. The van der Waals surface area contributed by atoms with Gasteiger partial charge in [-0.1, -0.05) is 36.4 Å². The average Bonchev–Trinajstić information content (AvgIpc) is 2.86. The summed E-state index contributed by atoms with van der Waals surface area (Å²) in [7, 11) is 1.51. The highest BCUT2D eigenvalue weighted by Crippen LogP contribution is 2.31. The van der Waals surface area contributed by atoms with E-state index in [0.717, 1.165) is 11.1 Å². The lowest BCUT2D eigenvalue weighted by molar-refractivity contribution is 0.0958. The maximum atomic E-state index is 14.3. The number of rotatable bonds is 11. The highest BCUT2D eigenvalue weighted by molar-refractivity contribution is 6.01. The molecule has 0 aliphatic carbocycles. The Labute approximate surface area is 211 Å². The van der Waals surface area contributed by atoms with Crippen molar-refractivity contribution >= 4 is 11.8 Å². The summed E-state index contributed by atoms with van der Waals surface area (Å²) >= 11 is 0. The van der Waals surface area contributed by atoms with Crippen LogP contribution in [0.5, 0.6) is 0 Å². The number of amides is 2. The summed E-state index contributed by atoms with van der Waals surface area (Å²) in [5.41, 5.74) is 7.22. The zero-order valence-electron chi connectivity index (χ0n) is 20.8. The van der Waals surface area contributed by atoms with Gasteiger partial charge in [-0.25, -0.2) is 4.39 Å². The number of benzene rings is 2. The molecule has 7 nitrogen and oxygen atoms in total. The third-order valence-corrected chi connectivity index (χ3v) is 6.14. The largest absolute Gasteiger partial charge is 0.391 e. The Morgan fingerprint density at radius 1 is 1.06 bits per heavy atom.